The van der Waals surface area contributed by atoms with E-state index in [-0.39, 0.29) is 18.2 Å². The minimum Gasteiger partial charge on any atom is -0.346 e. The van der Waals surface area contributed by atoms with Crippen LogP contribution in [0, 0.1) is 5.82 Å². The first-order valence-electron chi connectivity index (χ1n) is 4.13. The van der Waals surface area contributed by atoms with Crippen molar-refractivity contribution in [3.8, 4) is 0 Å². The summed E-state index contributed by atoms with van der Waals surface area (Å²) >= 11 is 0. The average molecular weight is 216 g/mol. The second-order valence-electron chi connectivity index (χ2n) is 2.90. The normalized spacial score (nSPS) is 10.1. The number of H-pyrrole nitrogens is 1. The van der Waals surface area contributed by atoms with Gasteiger partial charge in [0.05, 0.1) is 6.20 Å². The van der Waals surface area contributed by atoms with E-state index in [4.69, 9.17) is 5.73 Å². The molecule has 0 fully saturated rings. The maximum atomic E-state index is 12.8. The van der Waals surface area contributed by atoms with E-state index in [0.29, 0.717) is 12.2 Å². The molecule has 76 valence electrons. The number of rotatable bonds is 2. The largest absolute Gasteiger partial charge is 0.346 e. The van der Waals surface area contributed by atoms with Crippen LogP contribution < -0.4 is 5.73 Å². The highest BCUT2D eigenvalue weighted by molar-refractivity contribution is 5.85. The lowest BCUT2D eigenvalue weighted by Gasteiger charge is -1.94. The topological polar surface area (TPSA) is 54.7 Å². The Morgan fingerprint density at radius 1 is 1.50 bits per heavy atom. The van der Waals surface area contributed by atoms with Crippen molar-refractivity contribution in [2.75, 3.05) is 6.54 Å². The minimum absolute atomic E-state index is 0. The fourth-order valence-corrected chi connectivity index (χ4v) is 1.39. The van der Waals surface area contributed by atoms with E-state index >= 15 is 0 Å². The van der Waals surface area contributed by atoms with Crippen LogP contribution in [0.25, 0.3) is 11.0 Å². The SMILES string of the molecule is Cl.NCCc1c[nH]c2ncc(F)cc12. The quantitative estimate of drug-likeness (QED) is 0.800. The van der Waals surface area contributed by atoms with Crippen molar-refractivity contribution in [2.24, 2.45) is 5.73 Å². The Bertz CT molecular complexity index is 427. The van der Waals surface area contributed by atoms with E-state index in [9.17, 15) is 4.39 Å². The smallest absolute Gasteiger partial charge is 0.142 e. The molecule has 2 aromatic rings. The van der Waals surface area contributed by atoms with Crippen LogP contribution in [0.2, 0.25) is 0 Å². The molecule has 0 aliphatic carbocycles. The van der Waals surface area contributed by atoms with E-state index in [1.165, 1.54) is 12.3 Å². The number of hydrogen-bond donors (Lipinski definition) is 2. The Kier molecular flexibility index (Phi) is 3.43. The zero-order valence-corrected chi connectivity index (χ0v) is 8.27. The lowest BCUT2D eigenvalue weighted by molar-refractivity contribution is 0.624. The molecule has 0 bridgehead atoms. The van der Waals surface area contributed by atoms with Gasteiger partial charge in [-0.3, -0.25) is 0 Å². The van der Waals surface area contributed by atoms with Gasteiger partial charge in [0.15, 0.2) is 0 Å². The number of aromatic nitrogens is 2. The second kappa shape index (κ2) is 4.39. The van der Waals surface area contributed by atoms with E-state index in [2.05, 4.69) is 9.97 Å². The van der Waals surface area contributed by atoms with Crippen LogP contribution in [0.5, 0.6) is 0 Å². The molecular weight excluding hydrogens is 205 g/mol. The number of halogens is 2. The summed E-state index contributed by atoms with van der Waals surface area (Å²) in [6.07, 6.45) is 3.76. The van der Waals surface area contributed by atoms with Gasteiger partial charge in [-0.2, -0.15) is 0 Å². The van der Waals surface area contributed by atoms with Gasteiger partial charge in [-0.05, 0) is 24.6 Å². The lowest BCUT2D eigenvalue weighted by Crippen LogP contribution is -2.01. The molecule has 0 unspecified atom stereocenters. The molecule has 0 atom stereocenters. The third kappa shape index (κ3) is 1.86. The van der Waals surface area contributed by atoms with Gasteiger partial charge in [-0.1, -0.05) is 0 Å². The van der Waals surface area contributed by atoms with Crippen molar-refractivity contribution in [1.29, 1.82) is 0 Å². The average Bonchev–Trinajstić information content (AvgIpc) is 2.49. The second-order valence-corrected chi connectivity index (χ2v) is 2.90. The number of aromatic amines is 1. The van der Waals surface area contributed by atoms with Crippen molar-refractivity contribution in [2.45, 2.75) is 6.42 Å². The molecular formula is C9H11ClFN3. The monoisotopic (exact) mass is 215 g/mol. The summed E-state index contributed by atoms with van der Waals surface area (Å²) in [6.45, 7) is 0.559. The summed E-state index contributed by atoms with van der Waals surface area (Å²) in [7, 11) is 0. The van der Waals surface area contributed by atoms with E-state index < -0.39 is 0 Å². The zero-order chi connectivity index (χ0) is 9.26. The summed E-state index contributed by atoms with van der Waals surface area (Å²) in [5, 5.41) is 0.824. The maximum absolute atomic E-state index is 12.8. The summed E-state index contributed by atoms with van der Waals surface area (Å²) in [5.41, 5.74) is 7.15. The Labute approximate surface area is 86.9 Å². The highest BCUT2D eigenvalue weighted by Gasteiger charge is 2.04. The Hall–Kier alpha value is -1.13. The number of hydrogen-bond acceptors (Lipinski definition) is 2. The Balaban J connectivity index is 0.000000980. The molecule has 0 radical (unpaired) electrons. The van der Waals surface area contributed by atoms with Crippen LogP contribution in [-0.2, 0) is 6.42 Å². The van der Waals surface area contributed by atoms with Crippen molar-refractivity contribution < 1.29 is 4.39 Å². The van der Waals surface area contributed by atoms with Crippen molar-refractivity contribution >= 4 is 23.4 Å². The van der Waals surface area contributed by atoms with Crippen LogP contribution >= 0.6 is 12.4 Å². The van der Waals surface area contributed by atoms with Crippen LogP contribution in [0.3, 0.4) is 0 Å². The van der Waals surface area contributed by atoms with Gasteiger partial charge in [0.2, 0.25) is 0 Å². The minimum atomic E-state index is -0.314. The van der Waals surface area contributed by atoms with Crippen LogP contribution in [0.15, 0.2) is 18.5 Å². The number of pyridine rings is 1. The van der Waals surface area contributed by atoms with Gasteiger partial charge in [0.25, 0.3) is 0 Å². The number of nitrogens with two attached hydrogens (primary N) is 1. The molecule has 2 aromatic heterocycles. The summed E-state index contributed by atoms with van der Waals surface area (Å²) < 4.78 is 12.8. The first-order valence-corrected chi connectivity index (χ1v) is 4.13. The lowest BCUT2D eigenvalue weighted by atomic mass is 10.1. The van der Waals surface area contributed by atoms with Crippen molar-refractivity contribution in [3.05, 3.63) is 29.8 Å². The van der Waals surface area contributed by atoms with E-state index in [1.54, 1.807) is 0 Å². The molecule has 0 aliphatic rings. The Morgan fingerprint density at radius 3 is 3.00 bits per heavy atom. The first kappa shape index (κ1) is 10.9. The van der Waals surface area contributed by atoms with Crippen LogP contribution in [-0.4, -0.2) is 16.5 Å². The summed E-state index contributed by atoms with van der Waals surface area (Å²) in [6, 6.07) is 1.48. The predicted molar refractivity (Wildman–Crippen MR) is 56.1 cm³/mol. The number of nitrogens with one attached hydrogen (secondary N) is 1. The van der Waals surface area contributed by atoms with Crippen LogP contribution in [0.1, 0.15) is 5.56 Å². The van der Waals surface area contributed by atoms with Crippen LogP contribution in [0.4, 0.5) is 4.39 Å². The van der Waals surface area contributed by atoms with Crippen molar-refractivity contribution in [3.63, 3.8) is 0 Å². The van der Waals surface area contributed by atoms with E-state index in [0.717, 1.165) is 17.4 Å². The Morgan fingerprint density at radius 2 is 2.29 bits per heavy atom. The molecule has 2 rings (SSSR count). The molecule has 3 nitrogen and oxygen atoms in total. The van der Waals surface area contributed by atoms with Gasteiger partial charge in [-0.15, -0.1) is 12.4 Å². The standard InChI is InChI=1S/C9H10FN3.ClH/c10-7-3-8-6(1-2-11)4-12-9(8)13-5-7;/h3-5H,1-2,11H2,(H,12,13);1H. The van der Waals surface area contributed by atoms with Gasteiger partial charge in [0.1, 0.15) is 11.5 Å². The fraction of sp³-hybridized carbons (Fsp3) is 0.222. The van der Waals surface area contributed by atoms with Gasteiger partial charge in [0, 0.05) is 11.6 Å². The highest BCUT2D eigenvalue weighted by Crippen LogP contribution is 2.16. The molecule has 0 aliphatic heterocycles. The van der Waals surface area contributed by atoms with Gasteiger partial charge in [-0.25, -0.2) is 9.37 Å². The number of fused-ring (bicyclic) bond motifs is 1. The molecule has 14 heavy (non-hydrogen) atoms. The zero-order valence-electron chi connectivity index (χ0n) is 7.46. The van der Waals surface area contributed by atoms with Gasteiger partial charge < -0.3 is 10.7 Å². The van der Waals surface area contributed by atoms with Gasteiger partial charge >= 0.3 is 0 Å². The fourth-order valence-electron chi connectivity index (χ4n) is 1.39. The number of nitrogens with zero attached hydrogens (tertiary/aromatic N) is 1. The molecule has 5 heteroatoms. The van der Waals surface area contributed by atoms with Crippen molar-refractivity contribution in [1.82, 2.24) is 9.97 Å². The molecule has 0 saturated carbocycles. The highest BCUT2D eigenvalue weighted by atomic mass is 35.5. The molecule has 0 amide bonds. The third-order valence-corrected chi connectivity index (χ3v) is 2.00. The summed E-state index contributed by atoms with van der Waals surface area (Å²) in [5.74, 6) is -0.314. The summed E-state index contributed by atoms with van der Waals surface area (Å²) in [4.78, 5) is 6.88. The molecule has 0 aromatic carbocycles. The third-order valence-electron chi connectivity index (χ3n) is 2.00. The molecule has 0 saturated heterocycles. The predicted octanol–water partition coefficient (Wildman–Crippen LogP) is 1.63. The first-order chi connectivity index (χ1) is 6.31. The molecule has 0 spiro atoms. The van der Waals surface area contributed by atoms with E-state index in [1.807, 2.05) is 6.20 Å². The molecule has 2 heterocycles. The molecule has 3 N–H and O–H groups in total. The maximum Gasteiger partial charge on any atom is 0.142 e.